The van der Waals surface area contributed by atoms with Gasteiger partial charge < -0.3 is 14.6 Å². The van der Waals surface area contributed by atoms with Crippen LogP contribution in [0, 0.1) is 0 Å². The minimum atomic E-state index is 0.274. The third-order valence-electron chi connectivity index (χ3n) is 6.63. The van der Waals surface area contributed by atoms with Crippen LogP contribution in [-0.2, 0) is 0 Å². The SMILES string of the molecule is CCCCCCOc1ccc2cccc(-c3c(O)ccc4ccc(OCCCCCC)cc34)c2c1. The molecular formula is C32H38O3. The number of phenols is 1. The van der Waals surface area contributed by atoms with Crippen molar-refractivity contribution in [3.63, 3.8) is 0 Å². The van der Waals surface area contributed by atoms with E-state index in [0.717, 1.165) is 63.6 Å². The van der Waals surface area contributed by atoms with Gasteiger partial charge >= 0.3 is 0 Å². The topological polar surface area (TPSA) is 38.7 Å². The van der Waals surface area contributed by atoms with Gasteiger partial charge in [0.1, 0.15) is 17.2 Å². The average Bonchev–Trinajstić information content (AvgIpc) is 2.88. The molecular weight excluding hydrogens is 432 g/mol. The number of benzene rings is 4. The van der Waals surface area contributed by atoms with Crippen molar-refractivity contribution in [1.29, 1.82) is 0 Å². The van der Waals surface area contributed by atoms with Crippen molar-refractivity contribution in [3.05, 3.63) is 66.7 Å². The number of fused-ring (bicyclic) bond motifs is 2. The van der Waals surface area contributed by atoms with Gasteiger partial charge in [0.2, 0.25) is 0 Å². The number of aromatic hydroxyl groups is 1. The molecule has 0 atom stereocenters. The van der Waals surface area contributed by atoms with E-state index < -0.39 is 0 Å². The van der Waals surface area contributed by atoms with E-state index in [0.29, 0.717) is 6.61 Å². The summed E-state index contributed by atoms with van der Waals surface area (Å²) in [4.78, 5) is 0. The Balaban J connectivity index is 1.66. The van der Waals surface area contributed by atoms with E-state index in [1.807, 2.05) is 18.2 Å². The van der Waals surface area contributed by atoms with Crippen LogP contribution >= 0.6 is 0 Å². The van der Waals surface area contributed by atoms with Crippen LogP contribution in [0.15, 0.2) is 66.7 Å². The van der Waals surface area contributed by atoms with Crippen LogP contribution in [-0.4, -0.2) is 18.3 Å². The quantitative estimate of drug-likeness (QED) is 0.198. The lowest BCUT2D eigenvalue weighted by atomic mass is 9.93. The molecule has 3 nitrogen and oxygen atoms in total. The molecule has 184 valence electrons. The van der Waals surface area contributed by atoms with Crippen LogP contribution < -0.4 is 9.47 Å². The predicted octanol–water partition coefficient (Wildman–Crippen LogP) is 9.28. The monoisotopic (exact) mass is 470 g/mol. The molecule has 0 amide bonds. The second-order valence-electron chi connectivity index (χ2n) is 9.35. The van der Waals surface area contributed by atoms with Gasteiger partial charge in [-0.15, -0.1) is 0 Å². The van der Waals surface area contributed by atoms with Crippen LogP contribution in [0.4, 0.5) is 0 Å². The van der Waals surface area contributed by atoms with Gasteiger partial charge in [0, 0.05) is 5.56 Å². The van der Waals surface area contributed by atoms with Gasteiger partial charge in [-0.2, -0.15) is 0 Å². The lowest BCUT2D eigenvalue weighted by molar-refractivity contribution is 0.305. The molecule has 4 aromatic carbocycles. The van der Waals surface area contributed by atoms with Crippen molar-refractivity contribution in [2.75, 3.05) is 13.2 Å². The Morgan fingerprint density at radius 3 is 1.80 bits per heavy atom. The molecule has 0 aromatic heterocycles. The molecule has 1 N–H and O–H groups in total. The lowest BCUT2D eigenvalue weighted by Crippen LogP contribution is -1.98. The second kappa shape index (κ2) is 12.5. The van der Waals surface area contributed by atoms with Crippen LogP contribution in [0.5, 0.6) is 17.2 Å². The van der Waals surface area contributed by atoms with Crippen molar-refractivity contribution in [1.82, 2.24) is 0 Å². The molecule has 35 heavy (non-hydrogen) atoms. The highest BCUT2D eigenvalue weighted by Crippen LogP contribution is 2.41. The van der Waals surface area contributed by atoms with E-state index in [-0.39, 0.29) is 5.75 Å². The molecule has 0 heterocycles. The zero-order valence-electron chi connectivity index (χ0n) is 21.2. The van der Waals surface area contributed by atoms with E-state index >= 15 is 0 Å². The van der Waals surface area contributed by atoms with Gasteiger partial charge in [-0.3, -0.25) is 0 Å². The number of phenolic OH excluding ortho intramolecular Hbond substituents is 1. The van der Waals surface area contributed by atoms with Crippen molar-refractivity contribution in [2.24, 2.45) is 0 Å². The summed E-state index contributed by atoms with van der Waals surface area (Å²) in [6.45, 7) is 5.88. The maximum atomic E-state index is 11.0. The van der Waals surface area contributed by atoms with Crippen LogP contribution in [0.1, 0.15) is 65.2 Å². The number of hydrogen-bond donors (Lipinski definition) is 1. The maximum absolute atomic E-state index is 11.0. The summed E-state index contributed by atoms with van der Waals surface area (Å²) in [6, 6.07) is 22.4. The molecule has 0 bridgehead atoms. The molecule has 0 aliphatic rings. The number of unbranched alkanes of at least 4 members (excludes halogenated alkanes) is 6. The highest BCUT2D eigenvalue weighted by molar-refractivity contribution is 6.08. The Morgan fingerprint density at radius 2 is 1.17 bits per heavy atom. The van der Waals surface area contributed by atoms with Gasteiger partial charge in [0.25, 0.3) is 0 Å². The molecule has 3 heteroatoms. The van der Waals surface area contributed by atoms with Crippen molar-refractivity contribution in [2.45, 2.75) is 65.2 Å². The predicted molar refractivity (Wildman–Crippen MR) is 148 cm³/mol. The fourth-order valence-electron chi connectivity index (χ4n) is 4.66. The first-order valence-corrected chi connectivity index (χ1v) is 13.3. The zero-order valence-corrected chi connectivity index (χ0v) is 21.2. The summed E-state index contributed by atoms with van der Waals surface area (Å²) in [5.74, 6) is 1.99. The molecule has 4 rings (SSSR count). The van der Waals surface area contributed by atoms with Crippen LogP contribution in [0.3, 0.4) is 0 Å². The number of rotatable bonds is 13. The summed E-state index contributed by atoms with van der Waals surface area (Å²) in [5.41, 5.74) is 1.84. The number of hydrogen-bond acceptors (Lipinski definition) is 3. The first-order valence-electron chi connectivity index (χ1n) is 13.3. The summed E-state index contributed by atoms with van der Waals surface area (Å²) < 4.78 is 12.1. The normalized spacial score (nSPS) is 11.3. The summed E-state index contributed by atoms with van der Waals surface area (Å²) >= 11 is 0. The van der Waals surface area contributed by atoms with Gasteiger partial charge in [0.05, 0.1) is 13.2 Å². The minimum Gasteiger partial charge on any atom is -0.507 e. The van der Waals surface area contributed by atoms with Crippen molar-refractivity contribution < 1.29 is 14.6 Å². The standard InChI is InChI=1S/C32H38O3/c1-3-5-7-9-20-34-26-17-14-24-12-11-13-28(29(24)22-26)32-30-23-27(35-21-10-8-6-4-2)18-15-25(30)16-19-31(32)33/h11-19,22-23,33H,3-10,20-21H2,1-2H3. The molecule has 0 fully saturated rings. The minimum absolute atomic E-state index is 0.274. The summed E-state index contributed by atoms with van der Waals surface area (Å²) in [6.07, 6.45) is 9.44. The molecule has 0 aliphatic heterocycles. The van der Waals surface area contributed by atoms with E-state index in [4.69, 9.17) is 9.47 Å². The van der Waals surface area contributed by atoms with Gasteiger partial charge in [-0.25, -0.2) is 0 Å². The van der Waals surface area contributed by atoms with Gasteiger partial charge in [0.15, 0.2) is 0 Å². The summed E-state index contributed by atoms with van der Waals surface area (Å²) in [5, 5.41) is 15.3. The second-order valence-corrected chi connectivity index (χ2v) is 9.35. The van der Waals surface area contributed by atoms with E-state index in [2.05, 4.69) is 56.3 Å². The average molecular weight is 471 g/mol. The summed E-state index contributed by atoms with van der Waals surface area (Å²) in [7, 11) is 0. The van der Waals surface area contributed by atoms with E-state index in [9.17, 15) is 5.11 Å². The third-order valence-corrected chi connectivity index (χ3v) is 6.63. The smallest absolute Gasteiger partial charge is 0.124 e. The molecule has 0 radical (unpaired) electrons. The Labute approximate surface area is 209 Å². The Hall–Kier alpha value is -3.20. The maximum Gasteiger partial charge on any atom is 0.124 e. The van der Waals surface area contributed by atoms with Gasteiger partial charge in [-0.05, 0) is 70.3 Å². The van der Waals surface area contributed by atoms with Crippen molar-refractivity contribution in [3.8, 4) is 28.4 Å². The largest absolute Gasteiger partial charge is 0.507 e. The molecule has 0 saturated carbocycles. The highest BCUT2D eigenvalue weighted by atomic mass is 16.5. The molecule has 0 spiro atoms. The molecule has 0 aliphatic carbocycles. The Morgan fingerprint density at radius 1 is 0.600 bits per heavy atom. The zero-order chi connectivity index (χ0) is 24.5. The first kappa shape index (κ1) is 24.9. The molecule has 0 saturated heterocycles. The van der Waals surface area contributed by atoms with E-state index in [1.165, 1.54) is 38.5 Å². The van der Waals surface area contributed by atoms with Crippen molar-refractivity contribution >= 4 is 21.5 Å². The van der Waals surface area contributed by atoms with Crippen LogP contribution in [0.25, 0.3) is 32.7 Å². The number of ether oxygens (including phenoxy) is 2. The first-order chi connectivity index (χ1) is 17.2. The lowest BCUT2D eigenvalue weighted by Gasteiger charge is -2.15. The van der Waals surface area contributed by atoms with Gasteiger partial charge in [-0.1, -0.05) is 88.8 Å². The third kappa shape index (κ3) is 6.28. The fraction of sp³-hybridized carbons (Fsp3) is 0.375. The Bertz CT molecular complexity index is 1240. The Kier molecular flexibility index (Phi) is 8.89. The van der Waals surface area contributed by atoms with E-state index in [1.54, 1.807) is 6.07 Å². The fourth-order valence-corrected chi connectivity index (χ4v) is 4.66. The van der Waals surface area contributed by atoms with Crippen LogP contribution in [0.2, 0.25) is 0 Å². The molecule has 4 aromatic rings. The molecule has 0 unspecified atom stereocenters. The highest BCUT2D eigenvalue weighted by Gasteiger charge is 2.14.